The molecule has 0 atom stereocenters. The predicted octanol–water partition coefficient (Wildman–Crippen LogP) is -1.43. The molecule has 0 aromatic rings. The van der Waals surface area contributed by atoms with Gasteiger partial charge in [-0.25, -0.2) is 0 Å². The number of hydrogen-bond acceptors (Lipinski definition) is 3. The molecule has 0 bridgehead atoms. The summed E-state index contributed by atoms with van der Waals surface area (Å²) in [5.41, 5.74) is 5.28. The highest BCUT2D eigenvalue weighted by molar-refractivity contribution is 7.80. The van der Waals surface area contributed by atoms with Crippen molar-refractivity contribution in [1.29, 1.82) is 0 Å². The van der Waals surface area contributed by atoms with Crippen LogP contribution in [0.25, 0.3) is 0 Å². The van der Waals surface area contributed by atoms with Crippen LogP contribution in [0.4, 0.5) is 0 Å². The maximum Gasteiger partial charge on any atom is 0.243 e. The first-order valence-electron chi connectivity index (χ1n) is 3.80. The molecule has 0 radical (unpaired) electrons. The van der Waals surface area contributed by atoms with Gasteiger partial charge in [-0.1, -0.05) is 12.2 Å². The van der Waals surface area contributed by atoms with E-state index in [-0.39, 0.29) is 36.4 Å². The molecule has 0 saturated carbocycles. The van der Waals surface area contributed by atoms with Crippen molar-refractivity contribution in [1.82, 2.24) is 9.80 Å². The molecule has 72 valence electrons. The molecule has 5 nitrogen and oxygen atoms in total. The first-order chi connectivity index (χ1) is 6.00. The fourth-order valence-corrected chi connectivity index (χ4v) is 1.25. The minimum absolute atomic E-state index is 0.0761. The summed E-state index contributed by atoms with van der Waals surface area (Å²) in [6.07, 6.45) is 0. The second kappa shape index (κ2) is 3.69. The van der Waals surface area contributed by atoms with Crippen LogP contribution in [0.2, 0.25) is 0 Å². The van der Waals surface area contributed by atoms with Gasteiger partial charge in [0.05, 0.1) is 18.1 Å². The standard InChI is InChI=1S/C7H11N3O2S/c1-9-3-7(12)10(2-5(8)13)4-6(9)11/h2-4H2,1H3,(H2,8,13). The van der Waals surface area contributed by atoms with Crippen molar-refractivity contribution in [2.24, 2.45) is 5.73 Å². The first-order valence-corrected chi connectivity index (χ1v) is 4.21. The van der Waals surface area contributed by atoms with Crippen LogP contribution in [-0.4, -0.2) is 53.3 Å². The Bertz CT molecular complexity index is 266. The molecule has 1 rings (SSSR count). The minimum Gasteiger partial charge on any atom is -0.392 e. The molecule has 1 fully saturated rings. The number of carbonyl (C=O) groups excluding carboxylic acids is 2. The van der Waals surface area contributed by atoms with E-state index in [1.54, 1.807) is 7.05 Å². The molecule has 1 saturated heterocycles. The van der Waals surface area contributed by atoms with Crippen LogP contribution in [0, 0.1) is 0 Å². The zero-order valence-corrected chi connectivity index (χ0v) is 8.13. The van der Waals surface area contributed by atoms with Gasteiger partial charge in [-0.3, -0.25) is 9.59 Å². The van der Waals surface area contributed by atoms with Crippen molar-refractivity contribution < 1.29 is 9.59 Å². The Labute approximate surface area is 81.5 Å². The van der Waals surface area contributed by atoms with E-state index in [0.29, 0.717) is 0 Å². The van der Waals surface area contributed by atoms with Crippen molar-refractivity contribution in [2.45, 2.75) is 0 Å². The summed E-state index contributed by atoms with van der Waals surface area (Å²) in [6, 6.07) is 0. The van der Waals surface area contributed by atoms with Gasteiger partial charge in [-0.2, -0.15) is 0 Å². The van der Waals surface area contributed by atoms with E-state index < -0.39 is 0 Å². The van der Waals surface area contributed by atoms with Crippen molar-refractivity contribution in [3.05, 3.63) is 0 Å². The topological polar surface area (TPSA) is 66.6 Å². The molecule has 13 heavy (non-hydrogen) atoms. The summed E-state index contributed by atoms with van der Waals surface area (Å²) >= 11 is 4.66. The Kier molecular flexibility index (Phi) is 2.82. The van der Waals surface area contributed by atoms with Gasteiger partial charge in [0.1, 0.15) is 6.54 Å². The summed E-state index contributed by atoms with van der Waals surface area (Å²) in [6.45, 7) is 0.377. The average Bonchev–Trinajstić information content (AvgIpc) is 1.99. The third-order valence-electron chi connectivity index (χ3n) is 1.82. The smallest absolute Gasteiger partial charge is 0.243 e. The molecule has 2 amide bonds. The lowest BCUT2D eigenvalue weighted by Gasteiger charge is -2.31. The molecule has 1 heterocycles. The van der Waals surface area contributed by atoms with E-state index in [9.17, 15) is 9.59 Å². The first kappa shape index (κ1) is 9.91. The van der Waals surface area contributed by atoms with Gasteiger partial charge in [0.25, 0.3) is 0 Å². The van der Waals surface area contributed by atoms with Crippen LogP contribution in [0.1, 0.15) is 0 Å². The normalized spacial score (nSPS) is 17.9. The lowest BCUT2D eigenvalue weighted by atomic mass is 10.3. The number of amides is 2. The zero-order valence-electron chi connectivity index (χ0n) is 7.32. The number of nitrogens with zero attached hydrogens (tertiary/aromatic N) is 2. The van der Waals surface area contributed by atoms with Crippen LogP contribution >= 0.6 is 12.2 Å². The molecule has 0 aliphatic carbocycles. The van der Waals surface area contributed by atoms with Gasteiger partial charge >= 0.3 is 0 Å². The highest BCUT2D eigenvalue weighted by Gasteiger charge is 2.27. The lowest BCUT2D eigenvalue weighted by molar-refractivity contribution is -0.147. The molecule has 0 aromatic heterocycles. The quantitative estimate of drug-likeness (QED) is 0.556. The van der Waals surface area contributed by atoms with Crippen molar-refractivity contribution >= 4 is 29.0 Å². The van der Waals surface area contributed by atoms with E-state index >= 15 is 0 Å². The van der Waals surface area contributed by atoms with Crippen LogP contribution in [0.5, 0.6) is 0 Å². The van der Waals surface area contributed by atoms with Crippen molar-refractivity contribution in [3.63, 3.8) is 0 Å². The third kappa shape index (κ3) is 2.38. The lowest BCUT2D eigenvalue weighted by Crippen LogP contribution is -2.53. The number of nitrogens with two attached hydrogens (primary N) is 1. The number of carbonyl (C=O) groups is 2. The molecule has 0 unspecified atom stereocenters. The average molecular weight is 201 g/mol. The Hall–Kier alpha value is -1.17. The van der Waals surface area contributed by atoms with Gasteiger partial charge in [-0.15, -0.1) is 0 Å². The van der Waals surface area contributed by atoms with Crippen molar-refractivity contribution in [2.75, 3.05) is 26.7 Å². The molecule has 0 aromatic carbocycles. The van der Waals surface area contributed by atoms with Gasteiger partial charge in [0.2, 0.25) is 11.8 Å². The van der Waals surface area contributed by atoms with E-state index in [2.05, 4.69) is 12.2 Å². The number of likely N-dealkylation sites (N-methyl/N-ethyl adjacent to an activating group) is 1. The summed E-state index contributed by atoms with van der Waals surface area (Å²) in [7, 11) is 1.60. The molecule has 1 aliphatic heterocycles. The highest BCUT2D eigenvalue weighted by atomic mass is 32.1. The molecule has 2 N–H and O–H groups in total. The van der Waals surface area contributed by atoms with E-state index in [1.165, 1.54) is 9.80 Å². The fraction of sp³-hybridized carbons (Fsp3) is 0.571. The SMILES string of the molecule is CN1CC(=O)N(CC(N)=S)CC1=O. The molecule has 0 spiro atoms. The summed E-state index contributed by atoms with van der Waals surface area (Å²) in [5, 5.41) is 0. The minimum atomic E-state index is -0.116. The van der Waals surface area contributed by atoms with Crippen LogP contribution < -0.4 is 5.73 Å². The number of rotatable bonds is 2. The van der Waals surface area contributed by atoms with Gasteiger partial charge in [-0.05, 0) is 0 Å². The maximum atomic E-state index is 11.3. The predicted molar refractivity (Wildman–Crippen MR) is 51.0 cm³/mol. The van der Waals surface area contributed by atoms with Gasteiger partial charge in [0, 0.05) is 7.05 Å². The fourth-order valence-electron chi connectivity index (χ4n) is 1.10. The molecular formula is C7H11N3O2S. The van der Waals surface area contributed by atoms with E-state index in [4.69, 9.17) is 5.73 Å². The van der Waals surface area contributed by atoms with Crippen LogP contribution in [-0.2, 0) is 9.59 Å². The number of hydrogen-bond donors (Lipinski definition) is 1. The van der Waals surface area contributed by atoms with Gasteiger partial charge < -0.3 is 15.5 Å². The Balaban J connectivity index is 2.61. The second-order valence-corrected chi connectivity index (χ2v) is 3.49. The summed E-state index contributed by atoms with van der Waals surface area (Å²) in [5.74, 6) is -0.203. The number of piperazine rings is 1. The molecular weight excluding hydrogens is 190 g/mol. The third-order valence-corrected chi connectivity index (χ3v) is 1.95. The second-order valence-electron chi connectivity index (χ2n) is 2.97. The molecule has 6 heteroatoms. The van der Waals surface area contributed by atoms with E-state index in [0.717, 1.165) is 0 Å². The largest absolute Gasteiger partial charge is 0.392 e. The maximum absolute atomic E-state index is 11.3. The van der Waals surface area contributed by atoms with Crippen LogP contribution in [0.3, 0.4) is 0 Å². The zero-order chi connectivity index (χ0) is 10.0. The van der Waals surface area contributed by atoms with E-state index in [1.807, 2.05) is 0 Å². The summed E-state index contributed by atoms with van der Waals surface area (Å²) < 4.78 is 0. The molecule has 1 aliphatic rings. The summed E-state index contributed by atoms with van der Waals surface area (Å²) in [4.78, 5) is 25.5. The van der Waals surface area contributed by atoms with Crippen LogP contribution in [0.15, 0.2) is 0 Å². The Morgan fingerprint density at radius 3 is 2.62 bits per heavy atom. The Morgan fingerprint density at radius 1 is 1.46 bits per heavy atom. The van der Waals surface area contributed by atoms with Crippen molar-refractivity contribution in [3.8, 4) is 0 Å². The monoisotopic (exact) mass is 201 g/mol. The van der Waals surface area contributed by atoms with Gasteiger partial charge in [0.15, 0.2) is 0 Å². The Morgan fingerprint density at radius 2 is 2.08 bits per heavy atom. The number of thiocarbonyl (C=S) groups is 1. The highest BCUT2D eigenvalue weighted by Crippen LogP contribution is 2.01.